The molecular weight excluding hydrogens is 307 g/mol. The van der Waals surface area contributed by atoms with Gasteiger partial charge in [-0.05, 0) is 37.6 Å². The maximum Gasteiger partial charge on any atom is 0.573 e. The van der Waals surface area contributed by atoms with Crippen LogP contribution in [0.2, 0.25) is 0 Å². The third kappa shape index (κ3) is 4.39. The molecule has 0 aromatic heterocycles. The van der Waals surface area contributed by atoms with E-state index in [0.29, 0.717) is 11.3 Å². The number of ether oxygens (including phenoxy) is 2. The van der Waals surface area contributed by atoms with Crippen LogP contribution in [0.4, 0.5) is 13.2 Å². The predicted octanol–water partition coefficient (Wildman–Crippen LogP) is 4.91. The van der Waals surface area contributed by atoms with Gasteiger partial charge in [0.05, 0.1) is 11.7 Å². The summed E-state index contributed by atoms with van der Waals surface area (Å²) in [6.45, 7) is 3.64. The van der Waals surface area contributed by atoms with Gasteiger partial charge in [-0.1, -0.05) is 24.3 Å². The number of alkyl halides is 3. The summed E-state index contributed by atoms with van der Waals surface area (Å²) in [7, 11) is 0. The molecule has 0 aliphatic rings. The molecule has 0 atom stereocenters. The summed E-state index contributed by atoms with van der Waals surface area (Å²) in [6.07, 6.45) is -4.90. The van der Waals surface area contributed by atoms with Crippen molar-refractivity contribution in [2.24, 2.45) is 0 Å². The van der Waals surface area contributed by atoms with E-state index in [9.17, 15) is 18.4 Å². The van der Waals surface area contributed by atoms with Crippen molar-refractivity contribution in [1.29, 1.82) is 5.26 Å². The topological polar surface area (TPSA) is 42.2 Å². The first-order chi connectivity index (χ1) is 10.8. The summed E-state index contributed by atoms with van der Waals surface area (Å²) in [5.41, 5.74) is 0.938. The normalized spacial score (nSPS) is 11.2. The molecule has 6 heteroatoms. The molecule has 23 heavy (non-hydrogen) atoms. The van der Waals surface area contributed by atoms with Crippen LogP contribution in [0.5, 0.6) is 11.5 Å². The Hall–Kier alpha value is -2.68. The minimum Gasteiger partial charge on any atom is -0.490 e. The van der Waals surface area contributed by atoms with Gasteiger partial charge in [0.15, 0.2) is 0 Å². The van der Waals surface area contributed by atoms with Gasteiger partial charge in [-0.3, -0.25) is 0 Å². The number of nitriles is 1. The first-order valence-corrected chi connectivity index (χ1v) is 6.86. The lowest BCUT2D eigenvalue weighted by atomic mass is 10.0. The highest BCUT2D eigenvalue weighted by Gasteiger charge is 2.32. The number of para-hydroxylation sites is 1. The SMILES string of the molecule is CC(C)Oc1ccc(-c2ccccc2OC(F)(F)F)cc1C#N. The fraction of sp³-hybridized carbons (Fsp3) is 0.235. The Morgan fingerprint density at radius 2 is 1.74 bits per heavy atom. The van der Waals surface area contributed by atoms with E-state index in [-0.39, 0.29) is 23.0 Å². The fourth-order valence-corrected chi connectivity index (χ4v) is 2.06. The summed E-state index contributed by atoms with van der Waals surface area (Å²) in [5.74, 6) is 0.0712. The second-order valence-corrected chi connectivity index (χ2v) is 5.03. The minimum atomic E-state index is -4.78. The Labute approximate surface area is 131 Å². The fourth-order valence-electron chi connectivity index (χ4n) is 2.06. The average Bonchev–Trinajstić information content (AvgIpc) is 2.46. The lowest BCUT2D eigenvalue weighted by molar-refractivity contribution is -0.274. The second-order valence-electron chi connectivity index (χ2n) is 5.03. The molecule has 0 saturated carbocycles. The van der Waals surface area contributed by atoms with Crippen molar-refractivity contribution < 1.29 is 22.6 Å². The van der Waals surface area contributed by atoms with Crippen molar-refractivity contribution in [3.63, 3.8) is 0 Å². The van der Waals surface area contributed by atoms with Crippen molar-refractivity contribution in [1.82, 2.24) is 0 Å². The van der Waals surface area contributed by atoms with Crippen LogP contribution in [0.3, 0.4) is 0 Å². The Kier molecular flexibility index (Phi) is 4.80. The van der Waals surface area contributed by atoms with Gasteiger partial charge in [-0.25, -0.2) is 0 Å². The van der Waals surface area contributed by atoms with E-state index in [4.69, 9.17) is 4.74 Å². The molecule has 0 bridgehead atoms. The van der Waals surface area contributed by atoms with Crippen LogP contribution < -0.4 is 9.47 Å². The molecule has 0 aliphatic heterocycles. The second kappa shape index (κ2) is 6.61. The molecule has 0 aliphatic carbocycles. The minimum absolute atomic E-state index is 0.117. The van der Waals surface area contributed by atoms with Gasteiger partial charge < -0.3 is 9.47 Å². The first-order valence-electron chi connectivity index (χ1n) is 6.86. The van der Waals surface area contributed by atoms with Gasteiger partial charge in [0.1, 0.15) is 17.6 Å². The van der Waals surface area contributed by atoms with Crippen LogP contribution in [0.25, 0.3) is 11.1 Å². The Morgan fingerprint density at radius 1 is 1.04 bits per heavy atom. The molecule has 0 saturated heterocycles. The van der Waals surface area contributed by atoms with Crippen molar-refractivity contribution in [3.05, 3.63) is 48.0 Å². The molecule has 0 spiro atoms. The number of hydrogen-bond acceptors (Lipinski definition) is 3. The summed E-state index contributed by atoms with van der Waals surface area (Å²) < 4.78 is 47.0. The van der Waals surface area contributed by atoms with Gasteiger partial charge in [-0.15, -0.1) is 13.2 Å². The van der Waals surface area contributed by atoms with Gasteiger partial charge in [0.25, 0.3) is 0 Å². The first kappa shape index (κ1) is 16.7. The smallest absolute Gasteiger partial charge is 0.490 e. The van der Waals surface area contributed by atoms with Crippen molar-refractivity contribution in [2.45, 2.75) is 26.3 Å². The summed E-state index contributed by atoms with van der Waals surface area (Å²) in [6, 6.07) is 12.4. The zero-order valence-corrected chi connectivity index (χ0v) is 12.5. The third-order valence-corrected chi connectivity index (χ3v) is 2.89. The molecule has 0 unspecified atom stereocenters. The lowest BCUT2D eigenvalue weighted by Crippen LogP contribution is -2.17. The highest BCUT2D eigenvalue weighted by Crippen LogP contribution is 2.35. The maximum atomic E-state index is 12.5. The van der Waals surface area contributed by atoms with Gasteiger partial charge >= 0.3 is 6.36 Å². The molecule has 3 nitrogen and oxygen atoms in total. The van der Waals surface area contributed by atoms with Crippen molar-refractivity contribution >= 4 is 0 Å². The van der Waals surface area contributed by atoms with Gasteiger partial charge in [-0.2, -0.15) is 5.26 Å². The van der Waals surface area contributed by atoms with E-state index in [1.165, 1.54) is 24.3 Å². The zero-order chi connectivity index (χ0) is 17.0. The molecule has 0 fully saturated rings. The van der Waals surface area contributed by atoms with E-state index in [1.54, 1.807) is 18.2 Å². The number of halogens is 3. The molecule has 2 aromatic carbocycles. The molecule has 2 rings (SSSR count). The zero-order valence-electron chi connectivity index (χ0n) is 12.5. The van der Waals surface area contributed by atoms with Crippen LogP contribution in [-0.2, 0) is 0 Å². The van der Waals surface area contributed by atoms with E-state index in [1.807, 2.05) is 19.9 Å². The van der Waals surface area contributed by atoms with Crippen LogP contribution >= 0.6 is 0 Å². The highest BCUT2D eigenvalue weighted by atomic mass is 19.4. The number of hydrogen-bond donors (Lipinski definition) is 0. The largest absolute Gasteiger partial charge is 0.573 e. The molecule has 0 radical (unpaired) electrons. The molecular formula is C17H14F3NO2. The average molecular weight is 321 g/mol. The van der Waals surface area contributed by atoms with Crippen LogP contribution in [0, 0.1) is 11.3 Å². The molecule has 0 heterocycles. The van der Waals surface area contributed by atoms with Gasteiger partial charge in [0.2, 0.25) is 0 Å². The quantitative estimate of drug-likeness (QED) is 0.803. The summed E-state index contributed by atoms with van der Waals surface area (Å²) in [5, 5.41) is 9.22. The van der Waals surface area contributed by atoms with E-state index >= 15 is 0 Å². The highest BCUT2D eigenvalue weighted by molar-refractivity contribution is 5.72. The third-order valence-electron chi connectivity index (χ3n) is 2.89. The van der Waals surface area contributed by atoms with Crippen molar-refractivity contribution in [2.75, 3.05) is 0 Å². The molecule has 120 valence electrons. The number of nitrogens with zero attached hydrogens (tertiary/aromatic N) is 1. The molecule has 2 aromatic rings. The maximum absolute atomic E-state index is 12.5. The molecule has 0 amide bonds. The Balaban J connectivity index is 2.45. The van der Waals surface area contributed by atoms with Crippen LogP contribution in [0.15, 0.2) is 42.5 Å². The number of rotatable bonds is 4. The summed E-state index contributed by atoms with van der Waals surface area (Å²) >= 11 is 0. The predicted molar refractivity (Wildman–Crippen MR) is 79.0 cm³/mol. The van der Waals surface area contributed by atoms with E-state index in [0.717, 1.165) is 0 Å². The number of benzene rings is 2. The van der Waals surface area contributed by atoms with Gasteiger partial charge in [0, 0.05) is 5.56 Å². The Morgan fingerprint density at radius 3 is 2.35 bits per heavy atom. The van der Waals surface area contributed by atoms with Crippen molar-refractivity contribution in [3.8, 4) is 28.7 Å². The lowest BCUT2D eigenvalue weighted by Gasteiger charge is -2.15. The van der Waals surface area contributed by atoms with Crippen LogP contribution in [-0.4, -0.2) is 12.5 Å². The summed E-state index contributed by atoms with van der Waals surface area (Å²) in [4.78, 5) is 0. The molecule has 0 N–H and O–H groups in total. The standard InChI is InChI=1S/C17H14F3NO2/c1-11(2)22-15-8-7-12(9-13(15)10-21)14-5-3-4-6-16(14)23-17(18,19)20/h3-9,11H,1-2H3. The van der Waals surface area contributed by atoms with Crippen LogP contribution in [0.1, 0.15) is 19.4 Å². The van der Waals surface area contributed by atoms with E-state index < -0.39 is 6.36 Å². The monoisotopic (exact) mass is 321 g/mol. The Bertz CT molecular complexity index is 733. The van der Waals surface area contributed by atoms with E-state index in [2.05, 4.69) is 4.74 Å².